The fourth-order valence-corrected chi connectivity index (χ4v) is 5.74. The van der Waals surface area contributed by atoms with Crippen LogP contribution >= 0.6 is 0 Å². The molecule has 0 spiro atoms. The van der Waals surface area contributed by atoms with Crippen molar-refractivity contribution in [2.24, 2.45) is 22.7 Å². The fraction of sp³-hybridized carbons (Fsp3) is 0.700. The molecule has 0 aromatic heterocycles. The van der Waals surface area contributed by atoms with Crippen LogP contribution in [0.2, 0.25) is 0 Å². The van der Waals surface area contributed by atoms with Crippen LogP contribution in [0.5, 0.6) is 0 Å². The molecule has 3 atom stereocenters. The Bertz CT molecular complexity index is 680. The maximum absolute atomic E-state index is 13.0. The highest BCUT2D eigenvalue weighted by Crippen LogP contribution is 2.61. The lowest BCUT2D eigenvalue weighted by Gasteiger charge is -2.56. The van der Waals surface area contributed by atoms with Crippen molar-refractivity contribution < 1.29 is 19.8 Å². The number of hydrogen-bond acceptors (Lipinski definition) is 4. The van der Waals surface area contributed by atoms with Crippen molar-refractivity contribution in [2.75, 3.05) is 0 Å². The van der Waals surface area contributed by atoms with Crippen LogP contribution in [0.3, 0.4) is 0 Å². The van der Waals surface area contributed by atoms with Crippen molar-refractivity contribution in [2.45, 2.75) is 66.4 Å². The SMILES string of the molecule is CC(C)C1=C(O)C2=C(C(=O)C1=O)[C@@]1(C)CCCC(C)(C)[C@@H]1[C@H](O)C2. The molecule has 0 aromatic rings. The first-order valence-electron chi connectivity index (χ1n) is 8.96. The highest BCUT2D eigenvalue weighted by atomic mass is 16.3. The number of aliphatic hydroxyl groups excluding tert-OH is 2. The van der Waals surface area contributed by atoms with Crippen LogP contribution in [0.15, 0.2) is 22.5 Å². The van der Waals surface area contributed by atoms with Gasteiger partial charge in [0.1, 0.15) is 5.76 Å². The average molecular weight is 332 g/mol. The van der Waals surface area contributed by atoms with Gasteiger partial charge in [0.2, 0.25) is 11.6 Å². The summed E-state index contributed by atoms with van der Waals surface area (Å²) in [6.45, 7) is 9.86. The van der Waals surface area contributed by atoms with Gasteiger partial charge in [-0.3, -0.25) is 9.59 Å². The van der Waals surface area contributed by atoms with Crippen molar-refractivity contribution in [3.63, 3.8) is 0 Å². The minimum atomic E-state index is -0.611. The minimum Gasteiger partial charge on any atom is -0.507 e. The number of Topliss-reactive ketones (excluding diaryl/α,β-unsaturated/α-hetero) is 2. The van der Waals surface area contributed by atoms with Gasteiger partial charge in [0.25, 0.3) is 0 Å². The number of hydrogen-bond donors (Lipinski definition) is 2. The van der Waals surface area contributed by atoms with Crippen molar-refractivity contribution in [1.29, 1.82) is 0 Å². The van der Waals surface area contributed by atoms with Crippen molar-refractivity contribution in [1.82, 2.24) is 0 Å². The van der Waals surface area contributed by atoms with Crippen LogP contribution < -0.4 is 0 Å². The summed E-state index contributed by atoms with van der Waals surface area (Å²) in [4.78, 5) is 25.6. The summed E-state index contributed by atoms with van der Waals surface area (Å²) in [7, 11) is 0. The van der Waals surface area contributed by atoms with Crippen molar-refractivity contribution in [3.05, 3.63) is 22.5 Å². The lowest BCUT2D eigenvalue weighted by molar-refractivity contribution is -0.136. The molecule has 3 aliphatic rings. The Balaban J connectivity index is 2.26. The van der Waals surface area contributed by atoms with Gasteiger partial charge in [0.05, 0.1) is 6.10 Å². The van der Waals surface area contributed by atoms with E-state index in [-0.39, 0.29) is 35.0 Å². The summed E-state index contributed by atoms with van der Waals surface area (Å²) in [5.74, 6) is -1.40. The van der Waals surface area contributed by atoms with Gasteiger partial charge in [-0.25, -0.2) is 0 Å². The summed E-state index contributed by atoms with van der Waals surface area (Å²) >= 11 is 0. The summed E-state index contributed by atoms with van der Waals surface area (Å²) in [6.07, 6.45) is 2.35. The van der Waals surface area contributed by atoms with E-state index >= 15 is 0 Å². The van der Waals surface area contributed by atoms with E-state index < -0.39 is 23.1 Å². The Morgan fingerprint density at radius 1 is 1.08 bits per heavy atom. The number of fused-ring (bicyclic) bond motifs is 2. The van der Waals surface area contributed by atoms with Gasteiger partial charge in [-0.15, -0.1) is 0 Å². The van der Waals surface area contributed by atoms with E-state index in [2.05, 4.69) is 13.8 Å². The average Bonchev–Trinajstić information content (AvgIpc) is 2.42. The third-order valence-corrected chi connectivity index (χ3v) is 6.51. The van der Waals surface area contributed by atoms with Crippen LogP contribution in [0.25, 0.3) is 0 Å². The van der Waals surface area contributed by atoms with E-state index in [1.54, 1.807) is 13.8 Å². The van der Waals surface area contributed by atoms with Gasteiger partial charge in [-0.2, -0.15) is 0 Å². The number of rotatable bonds is 1. The van der Waals surface area contributed by atoms with E-state index in [4.69, 9.17) is 0 Å². The molecule has 4 nitrogen and oxygen atoms in total. The third kappa shape index (κ3) is 2.15. The van der Waals surface area contributed by atoms with E-state index in [0.29, 0.717) is 11.1 Å². The van der Waals surface area contributed by atoms with Crippen LogP contribution in [-0.2, 0) is 9.59 Å². The predicted octanol–water partition coefficient (Wildman–Crippen LogP) is 3.50. The van der Waals surface area contributed by atoms with Gasteiger partial charge in [0.15, 0.2) is 0 Å². The zero-order valence-corrected chi connectivity index (χ0v) is 15.3. The van der Waals surface area contributed by atoms with Crippen LogP contribution in [0, 0.1) is 22.7 Å². The Hall–Kier alpha value is -1.42. The number of aliphatic hydroxyl groups is 2. The molecule has 3 rings (SSSR count). The van der Waals surface area contributed by atoms with Crippen molar-refractivity contribution in [3.8, 4) is 0 Å². The molecule has 132 valence electrons. The molecular formula is C20H28O4. The number of allylic oxidation sites excluding steroid dienone is 3. The molecule has 0 aromatic carbocycles. The molecule has 24 heavy (non-hydrogen) atoms. The third-order valence-electron chi connectivity index (χ3n) is 6.51. The molecule has 3 aliphatic carbocycles. The molecule has 1 fully saturated rings. The standard InChI is InChI=1S/C20H28O4/c1-10(2)13-15(22)11-9-12(21)18-19(3,4)7-6-8-20(18,5)14(11)17(24)16(13)23/h10,12,18,21-22H,6-9H2,1-5H3/t12-,18+,20-/m1/s1. The maximum Gasteiger partial charge on any atom is 0.233 e. The second-order valence-corrected chi connectivity index (χ2v) is 8.94. The first kappa shape index (κ1) is 17.4. The van der Waals surface area contributed by atoms with Gasteiger partial charge in [-0.05, 0) is 30.1 Å². The molecule has 0 amide bonds. The molecule has 4 heteroatoms. The second kappa shape index (κ2) is 5.29. The number of ketones is 2. The summed E-state index contributed by atoms with van der Waals surface area (Å²) < 4.78 is 0. The summed E-state index contributed by atoms with van der Waals surface area (Å²) in [5, 5.41) is 21.6. The Kier molecular flexibility index (Phi) is 3.83. The topological polar surface area (TPSA) is 74.6 Å². The van der Waals surface area contributed by atoms with E-state index in [1.165, 1.54) is 0 Å². The highest BCUT2D eigenvalue weighted by molar-refractivity contribution is 6.50. The van der Waals surface area contributed by atoms with E-state index in [0.717, 1.165) is 19.3 Å². The van der Waals surface area contributed by atoms with Crippen molar-refractivity contribution >= 4 is 11.6 Å². The molecule has 0 unspecified atom stereocenters. The number of carbonyl (C=O) groups is 2. The Morgan fingerprint density at radius 3 is 2.29 bits per heavy atom. The zero-order valence-electron chi connectivity index (χ0n) is 15.3. The lowest BCUT2D eigenvalue weighted by atomic mass is 9.48. The maximum atomic E-state index is 13.0. The molecular weight excluding hydrogens is 304 g/mol. The first-order chi connectivity index (χ1) is 11.0. The van der Waals surface area contributed by atoms with Crippen LogP contribution in [-0.4, -0.2) is 27.9 Å². The van der Waals surface area contributed by atoms with E-state index in [1.807, 2.05) is 6.92 Å². The molecule has 0 heterocycles. The second-order valence-electron chi connectivity index (χ2n) is 8.94. The molecule has 0 aliphatic heterocycles. The minimum absolute atomic E-state index is 0.0632. The van der Waals surface area contributed by atoms with Crippen LogP contribution in [0.4, 0.5) is 0 Å². The van der Waals surface area contributed by atoms with Gasteiger partial charge in [-0.1, -0.05) is 41.0 Å². The fourth-order valence-electron chi connectivity index (χ4n) is 5.74. The van der Waals surface area contributed by atoms with Gasteiger partial charge < -0.3 is 10.2 Å². The quantitative estimate of drug-likeness (QED) is 0.569. The molecule has 0 bridgehead atoms. The monoisotopic (exact) mass is 332 g/mol. The van der Waals surface area contributed by atoms with Gasteiger partial charge in [0, 0.05) is 28.6 Å². The summed E-state index contributed by atoms with van der Waals surface area (Å²) in [6, 6.07) is 0. The Morgan fingerprint density at radius 2 is 1.71 bits per heavy atom. The highest BCUT2D eigenvalue weighted by Gasteiger charge is 2.58. The zero-order chi connectivity index (χ0) is 18.0. The van der Waals surface area contributed by atoms with Gasteiger partial charge >= 0.3 is 0 Å². The molecule has 2 N–H and O–H groups in total. The Labute approximate surface area is 143 Å². The smallest absolute Gasteiger partial charge is 0.233 e. The van der Waals surface area contributed by atoms with E-state index in [9.17, 15) is 19.8 Å². The lowest BCUT2D eigenvalue weighted by Crippen LogP contribution is -2.55. The largest absolute Gasteiger partial charge is 0.507 e. The first-order valence-corrected chi connectivity index (χ1v) is 8.96. The molecule has 0 radical (unpaired) electrons. The normalized spacial score (nSPS) is 36.1. The molecule has 0 saturated heterocycles. The predicted molar refractivity (Wildman–Crippen MR) is 91.4 cm³/mol. The summed E-state index contributed by atoms with van der Waals surface area (Å²) in [5.41, 5.74) is 0.511. The van der Waals surface area contributed by atoms with Crippen LogP contribution in [0.1, 0.15) is 60.3 Å². The number of carbonyl (C=O) groups excluding carboxylic acids is 2. The molecule has 1 saturated carbocycles.